The zero-order chi connectivity index (χ0) is 11.0. The molecule has 3 fully saturated rings. The maximum Gasteiger partial charge on any atom is 0.0588 e. The van der Waals surface area contributed by atoms with E-state index < -0.39 is 0 Å². The molecule has 0 spiro atoms. The van der Waals surface area contributed by atoms with Crippen molar-refractivity contribution in [3.8, 4) is 0 Å². The van der Waals surface area contributed by atoms with Crippen LogP contribution in [0.2, 0.25) is 0 Å². The van der Waals surface area contributed by atoms with Crippen LogP contribution in [-0.2, 0) is 0 Å². The maximum atomic E-state index is 3.63. The minimum Gasteiger partial charge on any atom is -0.304 e. The van der Waals surface area contributed by atoms with E-state index in [1.807, 2.05) is 0 Å². The van der Waals surface area contributed by atoms with Crippen LogP contribution in [0.1, 0.15) is 19.8 Å². The molecule has 0 aromatic rings. The summed E-state index contributed by atoms with van der Waals surface area (Å²) < 4.78 is 0. The highest BCUT2D eigenvalue weighted by Crippen LogP contribution is 2.53. The van der Waals surface area contributed by atoms with E-state index in [1.165, 1.54) is 30.9 Å². The Morgan fingerprint density at radius 3 is 3.19 bits per heavy atom. The quantitative estimate of drug-likeness (QED) is 0.808. The minimum atomic E-state index is 0.755. The number of rotatable bonds is 3. The summed E-state index contributed by atoms with van der Waals surface area (Å²) in [5, 5.41) is 8.86. The standard InChI is InChI=1S/C12H22N2S2/c1-2-15-6-8-3-4-10-11(8)9-5-13-7-14-12(9)16-10/h8-14H,2-7H2,1H3. The maximum absolute atomic E-state index is 3.63. The molecule has 3 rings (SSSR count). The highest BCUT2D eigenvalue weighted by molar-refractivity contribution is 8.00. The van der Waals surface area contributed by atoms with E-state index in [4.69, 9.17) is 0 Å². The molecular weight excluding hydrogens is 236 g/mol. The highest BCUT2D eigenvalue weighted by atomic mass is 32.2. The van der Waals surface area contributed by atoms with Crippen molar-refractivity contribution in [3.63, 3.8) is 0 Å². The molecule has 2 heterocycles. The van der Waals surface area contributed by atoms with Crippen molar-refractivity contribution < 1.29 is 0 Å². The fraction of sp³-hybridized carbons (Fsp3) is 1.00. The van der Waals surface area contributed by atoms with Crippen molar-refractivity contribution in [2.75, 3.05) is 24.7 Å². The summed E-state index contributed by atoms with van der Waals surface area (Å²) in [4.78, 5) is 0. The average molecular weight is 258 g/mol. The third-order valence-corrected chi connectivity index (χ3v) is 7.13. The van der Waals surface area contributed by atoms with Crippen LogP contribution in [0.15, 0.2) is 0 Å². The Morgan fingerprint density at radius 1 is 1.38 bits per heavy atom. The molecule has 4 heteroatoms. The van der Waals surface area contributed by atoms with Crippen molar-refractivity contribution in [2.45, 2.75) is 30.4 Å². The SMILES string of the molecule is CCSCC1CCC2SC3NCNCC3C12. The zero-order valence-corrected chi connectivity index (χ0v) is 11.6. The zero-order valence-electron chi connectivity index (χ0n) is 9.95. The lowest BCUT2D eigenvalue weighted by atomic mass is 9.84. The summed E-state index contributed by atoms with van der Waals surface area (Å²) >= 11 is 4.39. The Bertz CT molecular complexity index is 249. The summed E-state index contributed by atoms with van der Waals surface area (Å²) in [5.41, 5.74) is 0. The monoisotopic (exact) mass is 258 g/mol. The second-order valence-corrected chi connectivity index (χ2v) is 7.87. The van der Waals surface area contributed by atoms with Gasteiger partial charge in [0, 0.05) is 24.4 Å². The van der Waals surface area contributed by atoms with E-state index in [9.17, 15) is 0 Å². The van der Waals surface area contributed by atoms with Gasteiger partial charge in [-0.3, -0.25) is 5.32 Å². The van der Waals surface area contributed by atoms with Crippen LogP contribution in [-0.4, -0.2) is 35.3 Å². The van der Waals surface area contributed by atoms with Crippen LogP contribution in [0.3, 0.4) is 0 Å². The molecule has 2 aliphatic heterocycles. The lowest BCUT2D eigenvalue weighted by molar-refractivity contribution is 0.238. The minimum absolute atomic E-state index is 0.755. The lowest BCUT2D eigenvalue weighted by Crippen LogP contribution is -2.50. The van der Waals surface area contributed by atoms with Gasteiger partial charge in [-0.05, 0) is 36.2 Å². The fourth-order valence-corrected chi connectivity index (χ4v) is 6.50. The average Bonchev–Trinajstić information content (AvgIpc) is 2.85. The molecule has 2 saturated heterocycles. The predicted octanol–water partition coefficient (Wildman–Crippen LogP) is 1.97. The van der Waals surface area contributed by atoms with Crippen molar-refractivity contribution in [1.29, 1.82) is 0 Å². The third-order valence-electron chi connectivity index (χ3n) is 4.34. The number of hydrogen-bond acceptors (Lipinski definition) is 4. The molecule has 0 aromatic heterocycles. The molecule has 0 radical (unpaired) electrons. The van der Waals surface area contributed by atoms with Crippen molar-refractivity contribution in [2.24, 2.45) is 17.8 Å². The topological polar surface area (TPSA) is 24.1 Å². The van der Waals surface area contributed by atoms with Crippen LogP contribution in [0.4, 0.5) is 0 Å². The van der Waals surface area contributed by atoms with E-state index in [0.29, 0.717) is 0 Å². The number of thioether (sulfide) groups is 2. The summed E-state index contributed by atoms with van der Waals surface area (Å²) in [5.74, 6) is 5.58. The third kappa shape index (κ3) is 2.02. The van der Waals surface area contributed by atoms with Gasteiger partial charge in [0.15, 0.2) is 0 Å². The summed E-state index contributed by atoms with van der Waals surface area (Å²) in [6.07, 6.45) is 2.96. The normalized spacial score (nSPS) is 46.7. The molecule has 16 heavy (non-hydrogen) atoms. The van der Waals surface area contributed by atoms with Crippen LogP contribution >= 0.6 is 23.5 Å². The van der Waals surface area contributed by atoms with Crippen molar-refractivity contribution in [1.82, 2.24) is 10.6 Å². The first-order valence-electron chi connectivity index (χ1n) is 6.57. The molecule has 2 N–H and O–H groups in total. The molecule has 0 bridgehead atoms. The van der Waals surface area contributed by atoms with E-state index in [-0.39, 0.29) is 0 Å². The largest absolute Gasteiger partial charge is 0.304 e. The molecule has 0 amide bonds. The van der Waals surface area contributed by atoms with Gasteiger partial charge < -0.3 is 5.32 Å². The second kappa shape index (κ2) is 5.09. The van der Waals surface area contributed by atoms with Gasteiger partial charge in [-0.1, -0.05) is 6.92 Å². The summed E-state index contributed by atoms with van der Waals surface area (Å²) in [6.45, 7) is 4.55. The Morgan fingerprint density at radius 2 is 2.31 bits per heavy atom. The Kier molecular flexibility index (Phi) is 3.72. The number of nitrogens with one attached hydrogen (secondary N) is 2. The molecule has 0 aromatic carbocycles. The number of fused-ring (bicyclic) bond motifs is 3. The van der Waals surface area contributed by atoms with Gasteiger partial charge in [-0.15, -0.1) is 11.8 Å². The molecule has 1 saturated carbocycles. The summed E-state index contributed by atoms with van der Waals surface area (Å²) in [6, 6.07) is 0. The Hall–Kier alpha value is 0.620. The molecule has 92 valence electrons. The van der Waals surface area contributed by atoms with Gasteiger partial charge >= 0.3 is 0 Å². The molecule has 2 nitrogen and oxygen atoms in total. The van der Waals surface area contributed by atoms with E-state index in [0.717, 1.165) is 35.0 Å². The second-order valence-electron chi connectivity index (χ2n) is 5.17. The fourth-order valence-electron chi connectivity index (χ4n) is 3.66. The van der Waals surface area contributed by atoms with Gasteiger partial charge in [0.2, 0.25) is 0 Å². The first-order valence-corrected chi connectivity index (χ1v) is 8.67. The molecule has 5 unspecified atom stereocenters. The van der Waals surface area contributed by atoms with Crippen LogP contribution in [0, 0.1) is 17.8 Å². The van der Waals surface area contributed by atoms with E-state index in [1.54, 1.807) is 0 Å². The Balaban J connectivity index is 1.67. The molecule has 5 atom stereocenters. The first-order chi connectivity index (χ1) is 7.90. The van der Waals surface area contributed by atoms with Gasteiger partial charge in [0.1, 0.15) is 0 Å². The molecule has 1 aliphatic carbocycles. The Labute approximate surface area is 107 Å². The molecular formula is C12H22N2S2. The van der Waals surface area contributed by atoms with Gasteiger partial charge in [-0.2, -0.15) is 11.8 Å². The van der Waals surface area contributed by atoms with E-state index in [2.05, 4.69) is 41.1 Å². The highest BCUT2D eigenvalue weighted by Gasteiger charge is 2.50. The van der Waals surface area contributed by atoms with Crippen LogP contribution in [0.25, 0.3) is 0 Å². The first kappa shape index (κ1) is 11.7. The predicted molar refractivity (Wildman–Crippen MR) is 73.9 cm³/mol. The van der Waals surface area contributed by atoms with Gasteiger partial charge in [0.05, 0.1) is 5.37 Å². The van der Waals surface area contributed by atoms with Crippen LogP contribution < -0.4 is 10.6 Å². The van der Waals surface area contributed by atoms with E-state index >= 15 is 0 Å². The number of hydrogen-bond donors (Lipinski definition) is 2. The molecule has 3 aliphatic rings. The van der Waals surface area contributed by atoms with Gasteiger partial charge in [-0.25, -0.2) is 0 Å². The smallest absolute Gasteiger partial charge is 0.0588 e. The lowest BCUT2D eigenvalue weighted by Gasteiger charge is -2.32. The van der Waals surface area contributed by atoms with Gasteiger partial charge in [0.25, 0.3) is 0 Å². The summed E-state index contributed by atoms with van der Waals surface area (Å²) in [7, 11) is 0. The van der Waals surface area contributed by atoms with Crippen molar-refractivity contribution in [3.05, 3.63) is 0 Å². The van der Waals surface area contributed by atoms with Crippen LogP contribution in [0.5, 0.6) is 0 Å². The van der Waals surface area contributed by atoms with Crippen molar-refractivity contribution >= 4 is 23.5 Å².